The van der Waals surface area contributed by atoms with Crippen LogP contribution in [0, 0.1) is 34.5 Å². The number of unbranched alkanes of at least 4 members (excludes halogenated alkanes) is 5. The third kappa shape index (κ3) is 5.27. The van der Waals surface area contributed by atoms with Crippen molar-refractivity contribution in [1.82, 2.24) is 0 Å². The first-order valence-electron chi connectivity index (χ1n) is 15.8. The van der Waals surface area contributed by atoms with E-state index in [0.29, 0.717) is 30.0 Å². The van der Waals surface area contributed by atoms with Crippen molar-refractivity contribution >= 4 is 11.8 Å². The van der Waals surface area contributed by atoms with Crippen LogP contribution in [0.15, 0.2) is 24.3 Å². The molecule has 0 aromatic rings. The van der Waals surface area contributed by atoms with Gasteiger partial charge in [-0.2, -0.15) is 0 Å². The van der Waals surface area contributed by atoms with Gasteiger partial charge in [0.2, 0.25) is 0 Å². The molecule has 1 saturated heterocycles. The van der Waals surface area contributed by atoms with Crippen molar-refractivity contribution in [3.8, 4) is 0 Å². The smallest absolute Gasteiger partial charge is 0.306 e. The molecule has 0 radical (unpaired) electrons. The molecule has 0 amide bonds. The highest BCUT2D eigenvalue weighted by Crippen LogP contribution is 2.71. The number of carbonyl (C=O) groups is 2. The summed E-state index contributed by atoms with van der Waals surface area (Å²) in [5, 5.41) is 0. The number of rotatable bonds is 8. The Labute approximate surface area is 227 Å². The molecule has 0 aromatic heterocycles. The van der Waals surface area contributed by atoms with Gasteiger partial charge in [0.15, 0.2) is 5.78 Å². The summed E-state index contributed by atoms with van der Waals surface area (Å²) in [4.78, 5) is 24.5. The van der Waals surface area contributed by atoms with Crippen LogP contribution in [0.3, 0.4) is 0 Å². The normalized spacial score (nSPS) is 40.2. The van der Waals surface area contributed by atoms with Gasteiger partial charge < -0.3 is 4.74 Å². The standard InChI is InChI=1S/C28H42O3.C6H12/c1-4-5-6-7-8-19-17-20-18-21(29)9-13-26(20,2)22-10-14-27(3)23(25(19)22)11-15-28(27)16-12-24(30)31-28;1-3-5-6-4-2/h18-19,22-23,25H,4-17H2,1-3H3;3H,1,4-6H2,2H3/t19-,22+,23+,25-,26+,27+,28-;/m1./s1. The van der Waals surface area contributed by atoms with Crippen molar-refractivity contribution in [3.63, 3.8) is 0 Å². The summed E-state index contributed by atoms with van der Waals surface area (Å²) < 4.78 is 6.16. The molecule has 1 spiro atoms. The average Bonchev–Trinajstić information content (AvgIpc) is 3.41. The van der Waals surface area contributed by atoms with E-state index >= 15 is 0 Å². The molecule has 5 aliphatic rings. The van der Waals surface area contributed by atoms with Gasteiger partial charge >= 0.3 is 5.97 Å². The van der Waals surface area contributed by atoms with Crippen LogP contribution >= 0.6 is 0 Å². The van der Waals surface area contributed by atoms with E-state index in [1.807, 2.05) is 6.08 Å². The van der Waals surface area contributed by atoms with Crippen LogP contribution in [0.25, 0.3) is 0 Å². The molecule has 5 rings (SSSR count). The molecule has 0 N–H and O–H groups in total. The Morgan fingerprint density at radius 3 is 2.35 bits per heavy atom. The Kier molecular flexibility index (Phi) is 9.12. The quantitative estimate of drug-likeness (QED) is 0.186. The SMILES string of the molecule is C=CCCCC.CCCCCC[C@@H]1CC2=CC(=O)CC[C@]2(C)[C@H]2CC[C@@]3(C)[C@@H](CC[C@@]34CCC(=O)O4)[C@H]12. The number of esters is 1. The number of allylic oxidation sites excluding steroid dienone is 2. The van der Waals surface area contributed by atoms with Crippen LogP contribution in [0.2, 0.25) is 0 Å². The average molecular weight is 511 g/mol. The third-order valence-corrected chi connectivity index (χ3v) is 11.7. The lowest BCUT2D eigenvalue weighted by Crippen LogP contribution is -2.57. The Morgan fingerprint density at radius 1 is 0.946 bits per heavy atom. The lowest BCUT2D eigenvalue weighted by atomic mass is 9.43. The maximum atomic E-state index is 12.3. The Bertz CT molecular complexity index is 872. The predicted molar refractivity (Wildman–Crippen MR) is 152 cm³/mol. The molecule has 1 heterocycles. The lowest BCUT2D eigenvalue weighted by Gasteiger charge is -2.61. The van der Waals surface area contributed by atoms with Crippen molar-refractivity contribution < 1.29 is 14.3 Å². The molecular formula is C34H54O3. The first-order chi connectivity index (χ1) is 17.7. The lowest BCUT2D eigenvalue weighted by molar-refractivity contribution is -0.171. The van der Waals surface area contributed by atoms with E-state index in [2.05, 4.69) is 40.3 Å². The highest BCUT2D eigenvalue weighted by Gasteiger charge is 2.68. The molecule has 4 fully saturated rings. The number of ether oxygens (including phenoxy) is 1. The molecular weight excluding hydrogens is 456 g/mol. The van der Waals surface area contributed by atoms with E-state index in [4.69, 9.17) is 4.74 Å². The van der Waals surface area contributed by atoms with E-state index < -0.39 is 0 Å². The molecule has 0 aromatic carbocycles. The summed E-state index contributed by atoms with van der Waals surface area (Å²) >= 11 is 0. The van der Waals surface area contributed by atoms with Crippen LogP contribution in [-0.4, -0.2) is 17.4 Å². The Morgan fingerprint density at radius 2 is 1.70 bits per heavy atom. The second-order valence-corrected chi connectivity index (χ2v) is 13.6. The zero-order valence-electron chi connectivity index (χ0n) is 24.4. The first-order valence-corrected chi connectivity index (χ1v) is 15.8. The fourth-order valence-electron chi connectivity index (χ4n) is 9.48. The maximum absolute atomic E-state index is 12.3. The molecule has 4 aliphatic carbocycles. The van der Waals surface area contributed by atoms with Crippen LogP contribution in [-0.2, 0) is 14.3 Å². The van der Waals surface area contributed by atoms with Crippen LogP contribution < -0.4 is 0 Å². The molecule has 3 saturated carbocycles. The topological polar surface area (TPSA) is 43.4 Å². The summed E-state index contributed by atoms with van der Waals surface area (Å²) in [5.41, 5.74) is 1.65. The van der Waals surface area contributed by atoms with E-state index in [9.17, 15) is 9.59 Å². The summed E-state index contributed by atoms with van der Waals surface area (Å²) in [5.74, 6) is 3.19. The predicted octanol–water partition coefficient (Wildman–Crippen LogP) is 9.15. The fraction of sp³-hybridized carbons (Fsp3) is 0.824. The van der Waals surface area contributed by atoms with Crippen LogP contribution in [0.4, 0.5) is 0 Å². The number of hydrogen-bond acceptors (Lipinski definition) is 3. The molecule has 3 nitrogen and oxygen atoms in total. The molecule has 0 bridgehead atoms. The third-order valence-electron chi connectivity index (χ3n) is 11.7. The van der Waals surface area contributed by atoms with E-state index in [-0.39, 0.29) is 22.4 Å². The van der Waals surface area contributed by atoms with Crippen LogP contribution in [0.5, 0.6) is 0 Å². The second-order valence-electron chi connectivity index (χ2n) is 13.6. The van der Waals surface area contributed by atoms with Gasteiger partial charge in [-0.25, -0.2) is 0 Å². The van der Waals surface area contributed by atoms with Gasteiger partial charge in [0, 0.05) is 18.3 Å². The zero-order chi connectivity index (χ0) is 26.7. The van der Waals surface area contributed by atoms with Gasteiger partial charge in [0.25, 0.3) is 0 Å². The minimum Gasteiger partial charge on any atom is -0.458 e. The highest BCUT2D eigenvalue weighted by atomic mass is 16.6. The molecule has 7 atom stereocenters. The van der Waals surface area contributed by atoms with Crippen molar-refractivity contribution in [2.45, 2.75) is 142 Å². The summed E-state index contributed by atoms with van der Waals surface area (Å²) in [6.45, 7) is 13.0. The summed E-state index contributed by atoms with van der Waals surface area (Å²) in [6.07, 6.45) is 23.5. The number of fused-ring (bicyclic) bond motifs is 6. The molecule has 0 unspecified atom stereocenters. The Hall–Kier alpha value is -1.38. The second kappa shape index (κ2) is 11.8. The zero-order valence-corrected chi connectivity index (χ0v) is 24.4. The monoisotopic (exact) mass is 510 g/mol. The van der Waals surface area contributed by atoms with E-state index in [1.54, 1.807) is 0 Å². The Balaban J connectivity index is 0.000000480. The number of hydrogen-bond donors (Lipinski definition) is 0. The molecule has 208 valence electrons. The van der Waals surface area contributed by atoms with Crippen molar-refractivity contribution in [2.75, 3.05) is 0 Å². The van der Waals surface area contributed by atoms with Crippen LogP contribution in [0.1, 0.15) is 137 Å². The first kappa shape index (κ1) is 28.6. The largest absolute Gasteiger partial charge is 0.458 e. The van der Waals surface area contributed by atoms with E-state index in [0.717, 1.165) is 38.0 Å². The summed E-state index contributed by atoms with van der Waals surface area (Å²) in [6, 6.07) is 0. The molecule has 37 heavy (non-hydrogen) atoms. The number of carbonyl (C=O) groups excluding carboxylic acids is 2. The van der Waals surface area contributed by atoms with Crippen molar-refractivity contribution in [1.29, 1.82) is 0 Å². The van der Waals surface area contributed by atoms with Gasteiger partial charge in [0.1, 0.15) is 5.60 Å². The fourth-order valence-corrected chi connectivity index (χ4v) is 9.48. The van der Waals surface area contributed by atoms with Gasteiger partial charge in [-0.05, 0) is 93.0 Å². The maximum Gasteiger partial charge on any atom is 0.306 e. The van der Waals surface area contributed by atoms with Gasteiger partial charge in [0.05, 0.1) is 0 Å². The molecule has 3 heteroatoms. The minimum atomic E-state index is -0.188. The highest BCUT2D eigenvalue weighted by molar-refractivity contribution is 5.91. The van der Waals surface area contributed by atoms with Crippen molar-refractivity contribution in [3.05, 3.63) is 24.3 Å². The van der Waals surface area contributed by atoms with Gasteiger partial charge in [-0.3, -0.25) is 9.59 Å². The van der Waals surface area contributed by atoms with Crippen molar-refractivity contribution in [2.24, 2.45) is 34.5 Å². The van der Waals surface area contributed by atoms with Gasteiger partial charge in [-0.15, -0.1) is 6.58 Å². The minimum absolute atomic E-state index is 0.0340. The number of ketones is 1. The van der Waals surface area contributed by atoms with Gasteiger partial charge in [-0.1, -0.05) is 77.9 Å². The van der Waals surface area contributed by atoms with E-state index in [1.165, 1.54) is 76.2 Å². The molecule has 1 aliphatic heterocycles. The summed E-state index contributed by atoms with van der Waals surface area (Å²) in [7, 11) is 0.